The SMILES string of the molecule is CC1CC(NC(=O)c2cc(Cl)ccc2Br)C1. The fourth-order valence-corrected chi connectivity index (χ4v) is 2.55. The molecular formula is C12H13BrClNO. The van der Waals surface area contributed by atoms with E-state index in [9.17, 15) is 4.79 Å². The minimum absolute atomic E-state index is 0.0497. The van der Waals surface area contributed by atoms with Gasteiger partial charge in [0.15, 0.2) is 0 Å². The zero-order valence-electron chi connectivity index (χ0n) is 8.97. The smallest absolute Gasteiger partial charge is 0.252 e. The molecule has 1 amide bonds. The number of carbonyl (C=O) groups is 1. The molecular weight excluding hydrogens is 289 g/mol. The molecule has 0 saturated heterocycles. The molecule has 86 valence electrons. The maximum absolute atomic E-state index is 11.9. The first kappa shape index (κ1) is 11.9. The van der Waals surface area contributed by atoms with E-state index in [1.807, 2.05) is 0 Å². The molecule has 1 fully saturated rings. The predicted octanol–water partition coefficient (Wildman–Crippen LogP) is 3.63. The van der Waals surface area contributed by atoms with Crippen LogP contribution in [0.3, 0.4) is 0 Å². The molecule has 1 aromatic rings. The largest absolute Gasteiger partial charge is 0.349 e. The highest BCUT2D eigenvalue weighted by Crippen LogP contribution is 2.27. The van der Waals surface area contributed by atoms with Gasteiger partial charge in [0.25, 0.3) is 5.91 Å². The molecule has 0 spiro atoms. The lowest BCUT2D eigenvalue weighted by molar-refractivity contribution is 0.0895. The summed E-state index contributed by atoms with van der Waals surface area (Å²) in [7, 11) is 0. The van der Waals surface area contributed by atoms with Gasteiger partial charge in [0, 0.05) is 15.5 Å². The molecule has 1 aromatic carbocycles. The van der Waals surface area contributed by atoms with Crippen LogP contribution in [0.4, 0.5) is 0 Å². The average Bonchev–Trinajstić information content (AvgIpc) is 2.19. The van der Waals surface area contributed by atoms with E-state index in [-0.39, 0.29) is 5.91 Å². The van der Waals surface area contributed by atoms with Gasteiger partial charge >= 0.3 is 0 Å². The highest BCUT2D eigenvalue weighted by Gasteiger charge is 2.27. The van der Waals surface area contributed by atoms with Crippen molar-refractivity contribution in [2.75, 3.05) is 0 Å². The lowest BCUT2D eigenvalue weighted by Crippen LogP contribution is -2.43. The molecule has 4 heteroatoms. The van der Waals surface area contributed by atoms with Crippen molar-refractivity contribution in [1.82, 2.24) is 5.32 Å². The molecule has 0 aliphatic heterocycles. The number of nitrogens with one attached hydrogen (secondary N) is 1. The maximum atomic E-state index is 11.9. The van der Waals surface area contributed by atoms with E-state index in [4.69, 9.17) is 11.6 Å². The van der Waals surface area contributed by atoms with E-state index in [1.54, 1.807) is 18.2 Å². The maximum Gasteiger partial charge on any atom is 0.252 e. The van der Waals surface area contributed by atoms with Crippen LogP contribution in [0.25, 0.3) is 0 Å². The van der Waals surface area contributed by atoms with Crippen molar-refractivity contribution in [2.45, 2.75) is 25.8 Å². The summed E-state index contributed by atoms with van der Waals surface area (Å²) in [5.41, 5.74) is 0.604. The van der Waals surface area contributed by atoms with Crippen LogP contribution in [-0.4, -0.2) is 11.9 Å². The van der Waals surface area contributed by atoms with E-state index >= 15 is 0 Å². The van der Waals surface area contributed by atoms with E-state index in [0.717, 1.165) is 23.2 Å². The van der Waals surface area contributed by atoms with Gasteiger partial charge in [-0.2, -0.15) is 0 Å². The van der Waals surface area contributed by atoms with E-state index in [0.29, 0.717) is 16.6 Å². The summed E-state index contributed by atoms with van der Waals surface area (Å²) in [6, 6.07) is 5.56. The van der Waals surface area contributed by atoms with Crippen LogP contribution in [0.2, 0.25) is 5.02 Å². The highest BCUT2D eigenvalue weighted by atomic mass is 79.9. The average molecular weight is 303 g/mol. The monoisotopic (exact) mass is 301 g/mol. The van der Waals surface area contributed by atoms with Gasteiger partial charge in [-0.15, -0.1) is 0 Å². The summed E-state index contributed by atoms with van der Waals surface area (Å²) < 4.78 is 0.779. The fraction of sp³-hybridized carbons (Fsp3) is 0.417. The van der Waals surface area contributed by atoms with Crippen molar-refractivity contribution in [3.8, 4) is 0 Å². The Hall–Kier alpha value is -0.540. The van der Waals surface area contributed by atoms with Crippen molar-refractivity contribution >= 4 is 33.4 Å². The van der Waals surface area contributed by atoms with E-state index < -0.39 is 0 Å². The van der Waals surface area contributed by atoms with Crippen molar-refractivity contribution < 1.29 is 4.79 Å². The first-order valence-corrected chi connectivity index (χ1v) is 6.49. The molecule has 1 N–H and O–H groups in total. The highest BCUT2D eigenvalue weighted by molar-refractivity contribution is 9.10. The van der Waals surface area contributed by atoms with Gasteiger partial charge in [0.2, 0.25) is 0 Å². The van der Waals surface area contributed by atoms with Crippen molar-refractivity contribution in [3.05, 3.63) is 33.3 Å². The molecule has 16 heavy (non-hydrogen) atoms. The summed E-state index contributed by atoms with van der Waals surface area (Å²) >= 11 is 9.22. The van der Waals surface area contributed by atoms with Gasteiger partial charge in [-0.1, -0.05) is 18.5 Å². The van der Waals surface area contributed by atoms with Crippen molar-refractivity contribution in [2.24, 2.45) is 5.92 Å². The van der Waals surface area contributed by atoms with Crippen LogP contribution in [0, 0.1) is 5.92 Å². The fourth-order valence-electron chi connectivity index (χ4n) is 1.95. The third-order valence-corrected chi connectivity index (χ3v) is 3.81. The molecule has 2 rings (SSSR count). The summed E-state index contributed by atoms with van der Waals surface area (Å²) in [5.74, 6) is 0.680. The van der Waals surface area contributed by atoms with Crippen LogP contribution in [-0.2, 0) is 0 Å². The molecule has 0 aromatic heterocycles. The Bertz CT molecular complexity index is 415. The molecule has 0 atom stereocenters. The van der Waals surface area contributed by atoms with Gasteiger partial charge < -0.3 is 5.32 Å². The standard InChI is InChI=1S/C12H13BrClNO/c1-7-4-9(5-7)15-12(16)10-6-8(14)2-3-11(10)13/h2-3,6-7,9H,4-5H2,1H3,(H,15,16). The number of hydrogen-bond donors (Lipinski definition) is 1. The molecule has 2 nitrogen and oxygen atoms in total. The first-order valence-electron chi connectivity index (χ1n) is 5.32. The normalized spacial score (nSPS) is 23.7. The number of carbonyl (C=O) groups excluding carboxylic acids is 1. The minimum atomic E-state index is -0.0497. The van der Waals surface area contributed by atoms with Crippen molar-refractivity contribution in [3.63, 3.8) is 0 Å². The Morgan fingerprint density at radius 1 is 1.50 bits per heavy atom. The Kier molecular flexibility index (Phi) is 3.55. The second-order valence-electron chi connectivity index (χ2n) is 4.37. The molecule has 1 saturated carbocycles. The van der Waals surface area contributed by atoms with Crippen LogP contribution in [0.1, 0.15) is 30.1 Å². The van der Waals surface area contributed by atoms with Crippen LogP contribution >= 0.6 is 27.5 Å². The zero-order chi connectivity index (χ0) is 11.7. The van der Waals surface area contributed by atoms with Gasteiger partial charge in [0.1, 0.15) is 0 Å². The first-order chi connectivity index (χ1) is 7.56. The Morgan fingerprint density at radius 2 is 2.19 bits per heavy atom. The summed E-state index contributed by atoms with van der Waals surface area (Å²) in [5, 5.41) is 3.58. The molecule has 0 heterocycles. The molecule has 0 unspecified atom stereocenters. The van der Waals surface area contributed by atoms with E-state index in [2.05, 4.69) is 28.2 Å². The summed E-state index contributed by atoms with van der Waals surface area (Å²) in [6.45, 7) is 2.19. The quantitative estimate of drug-likeness (QED) is 0.888. The minimum Gasteiger partial charge on any atom is -0.349 e. The van der Waals surface area contributed by atoms with Crippen molar-refractivity contribution in [1.29, 1.82) is 0 Å². The second-order valence-corrected chi connectivity index (χ2v) is 5.66. The topological polar surface area (TPSA) is 29.1 Å². The zero-order valence-corrected chi connectivity index (χ0v) is 11.3. The summed E-state index contributed by atoms with van der Waals surface area (Å²) in [6.07, 6.45) is 2.15. The molecule has 0 radical (unpaired) electrons. The number of benzene rings is 1. The van der Waals surface area contributed by atoms with Crippen LogP contribution < -0.4 is 5.32 Å². The van der Waals surface area contributed by atoms with Crippen LogP contribution in [0.5, 0.6) is 0 Å². The van der Waals surface area contributed by atoms with Crippen LogP contribution in [0.15, 0.2) is 22.7 Å². The molecule has 1 aliphatic rings. The molecule has 1 aliphatic carbocycles. The second kappa shape index (κ2) is 4.76. The van der Waals surface area contributed by atoms with Gasteiger partial charge in [0.05, 0.1) is 5.56 Å². The van der Waals surface area contributed by atoms with E-state index in [1.165, 1.54) is 0 Å². The number of amides is 1. The predicted molar refractivity (Wildman–Crippen MR) is 68.8 cm³/mol. The number of rotatable bonds is 2. The van der Waals surface area contributed by atoms with Gasteiger partial charge in [-0.3, -0.25) is 4.79 Å². The lowest BCUT2D eigenvalue weighted by atomic mass is 9.82. The Labute approximate surface area is 108 Å². The summed E-state index contributed by atoms with van der Waals surface area (Å²) in [4.78, 5) is 11.9. The Morgan fingerprint density at radius 3 is 2.81 bits per heavy atom. The number of halogens is 2. The third kappa shape index (κ3) is 2.58. The van der Waals surface area contributed by atoms with Gasteiger partial charge in [-0.25, -0.2) is 0 Å². The third-order valence-electron chi connectivity index (χ3n) is 2.88. The molecule has 0 bridgehead atoms. The van der Waals surface area contributed by atoms with Gasteiger partial charge in [-0.05, 0) is 52.9 Å². The Balaban J connectivity index is 2.05. The number of hydrogen-bond acceptors (Lipinski definition) is 1. The lowest BCUT2D eigenvalue weighted by Gasteiger charge is -2.33.